The number of aromatic nitrogens is 3. The number of carbonyl (C=O) groups is 1. The number of nitrogens with zero attached hydrogens (tertiary/aromatic N) is 5. The summed E-state index contributed by atoms with van der Waals surface area (Å²) in [5, 5.41) is 15.8. The average Bonchev–Trinajstić information content (AvgIpc) is 3.61. The molecule has 4 heterocycles. The molecule has 6 rings (SSSR count). The van der Waals surface area contributed by atoms with Crippen LogP contribution in [-0.4, -0.2) is 53.1 Å². The van der Waals surface area contributed by atoms with E-state index >= 15 is 4.39 Å². The van der Waals surface area contributed by atoms with Crippen LogP contribution in [0.1, 0.15) is 22.5 Å². The van der Waals surface area contributed by atoms with Crippen molar-refractivity contribution in [2.24, 2.45) is 0 Å². The van der Waals surface area contributed by atoms with Crippen LogP contribution in [0.3, 0.4) is 0 Å². The Labute approximate surface area is 228 Å². The van der Waals surface area contributed by atoms with E-state index in [1.165, 1.54) is 50.0 Å². The Morgan fingerprint density at radius 3 is 2.80 bits per heavy atom. The van der Waals surface area contributed by atoms with Gasteiger partial charge in [-0.2, -0.15) is 5.26 Å². The van der Waals surface area contributed by atoms with Crippen LogP contribution in [0.2, 0.25) is 0 Å². The fourth-order valence-electron chi connectivity index (χ4n) is 5.39. The van der Waals surface area contributed by atoms with Crippen LogP contribution in [0.5, 0.6) is 5.75 Å². The fraction of sp³-hybridized carbons (Fsp3) is 0.207. The Morgan fingerprint density at radius 2 is 2.05 bits per heavy atom. The second-order valence-corrected chi connectivity index (χ2v) is 9.54. The number of halogens is 2. The maximum atomic E-state index is 16.4. The number of hydrogen-bond acceptors (Lipinski definition) is 8. The summed E-state index contributed by atoms with van der Waals surface area (Å²) in [6.07, 6.45) is 5.11. The number of amides is 1. The average molecular weight is 540 g/mol. The zero-order chi connectivity index (χ0) is 27.8. The minimum Gasteiger partial charge on any atom is -0.496 e. The molecule has 0 saturated carbocycles. The molecule has 40 heavy (non-hydrogen) atoms. The predicted octanol–water partition coefficient (Wildman–Crippen LogP) is 4.17. The molecular formula is C29H23F2N7O2. The molecule has 1 amide bonds. The molecule has 2 aliphatic rings. The largest absolute Gasteiger partial charge is 0.496 e. The van der Waals surface area contributed by atoms with E-state index in [0.717, 1.165) is 6.42 Å². The summed E-state index contributed by atoms with van der Waals surface area (Å²) >= 11 is 0. The Kier molecular flexibility index (Phi) is 6.53. The van der Waals surface area contributed by atoms with Crippen LogP contribution in [0.15, 0.2) is 61.1 Å². The molecule has 200 valence electrons. The molecule has 9 nitrogen and oxygen atoms in total. The molecule has 4 aromatic rings. The SMILES string of the molecule is COc1cccc(F)c1-c1nccc(C(=O)Nc2ccc(-c3ccncc3C#N)c(F)c2N2C[C@@H]3C[C@H]2CN3)n1. The highest BCUT2D eigenvalue weighted by molar-refractivity contribution is 6.05. The van der Waals surface area contributed by atoms with Crippen LogP contribution < -0.4 is 20.3 Å². The van der Waals surface area contributed by atoms with E-state index in [4.69, 9.17) is 4.74 Å². The van der Waals surface area contributed by atoms with Gasteiger partial charge in [0.25, 0.3) is 5.91 Å². The molecule has 2 saturated heterocycles. The fourth-order valence-corrected chi connectivity index (χ4v) is 5.39. The van der Waals surface area contributed by atoms with Gasteiger partial charge >= 0.3 is 0 Å². The summed E-state index contributed by atoms with van der Waals surface area (Å²) in [5.74, 6) is -1.55. The molecule has 0 radical (unpaired) electrons. The lowest BCUT2D eigenvalue weighted by Crippen LogP contribution is -2.44. The molecule has 0 unspecified atom stereocenters. The first-order chi connectivity index (χ1) is 19.5. The standard InChI is InChI=1S/C29H23F2N7O2/c1-40-24-4-2-3-21(30)25(24)28-34-10-8-23(36-28)29(39)37-22-6-5-20(19-7-9-33-13-16(19)12-32)26(31)27(22)38-15-17-11-18(38)14-35-17/h2-10,13,17-18,35H,11,14-15H2,1H3,(H,37,39)/t17-,18-/m0/s1. The van der Waals surface area contributed by atoms with Crippen molar-refractivity contribution in [2.45, 2.75) is 18.5 Å². The van der Waals surface area contributed by atoms with Gasteiger partial charge in [0, 0.05) is 54.9 Å². The number of carbonyl (C=O) groups excluding carboxylic acids is 1. The number of benzene rings is 2. The summed E-state index contributed by atoms with van der Waals surface area (Å²) in [7, 11) is 1.40. The van der Waals surface area contributed by atoms with Gasteiger partial charge in [-0.3, -0.25) is 9.78 Å². The van der Waals surface area contributed by atoms with E-state index in [1.807, 2.05) is 4.90 Å². The van der Waals surface area contributed by atoms with Crippen LogP contribution in [0.25, 0.3) is 22.5 Å². The lowest BCUT2D eigenvalue weighted by atomic mass is 9.99. The first kappa shape index (κ1) is 25.3. The second-order valence-electron chi connectivity index (χ2n) is 9.54. The van der Waals surface area contributed by atoms with E-state index in [9.17, 15) is 14.4 Å². The monoisotopic (exact) mass is 539 g/mol. The smallest absolute Gasteiger partial charge is 0.274 e. The van der Waals surface area contributed by atoms with Crippen molar-refractivity contribution in [3.8, 4) is 34.3 Å². The molecule has 11 heteroatoms. The highest BCUT2D eigenvalue weighted by atomic mass is 19.1. The van der Waals surface area contributed by atoms with Gasteiger partial charge in [-0.15, -0.1) is 0 Å². The quantitative estimate of drug-likeness (QED) is 0.375. The highest BCUT2D eigenvalue weighted by Crippen LogP contribution is 2.41. The van der Waals surface area contributed by atoms with Gasteiger partial charge in [-0.25, -0.2) is 18.7 Å². The molecule has 2 aliphatic heterocycles. The van der Waals surface area contributed by atoms with Crippen LogP contribution in [0.4, 0.5) is 20.2 Å². The van der Waals surface area contributed by atoms with E-state index in [0.29, 0.717) is 18.7 Å². The van der Waals surface area contributed by atoms with Crippen LogP contribution >= 0.6 is 0 Å². The third-order valence-corrected chi connectivity index (χ3v) is 7.25. The number of ether oxygens (including phenoxy) is 1. The minimum atomic E-state index is -0.614. The summed E-state index contributed by atoms with van der Waals surface area (Å²) in [6, 6.07) is 12.8. The van der Waals surface area contributed by atoms with Crippen molar-refractivity contribution in [1.29, 1.82) is 5.26 Å². The van der Waals surface area contributed by atoms with E-state index in [-0.39, 0.29) is 57.4 Å². The number of fused-ring (bicyclic) bond motifs is 2. The van der Waals surface area contributed by atoms with Crippen molar-refractivity contribution in [3.63, 3.8) is 0 Å². The summed E-state index contributed by atoms with van der Waals surface area (Å²) in [4.78, 5) is 27.7. The summed E-state index contributed by atoms with van der Waals surface area (Å²) in [5.41, 5.74) is 1.39. The van der Waals surface area contributed by atoms with Crippen molar-refractivity contribution >= 4 is 17.3 Å². The molecule has 2 N–H and O–H groups in total. The zero-order valence-corrected chi connectivity index (χ0v) is 21.4. The molecule has 2 aromatic heterocycles. The molecule has 0 spiro atoms. The third kappa shape index (κ3) is 4.38. The molecule has 2 fully saturated rings. The van der Waals surface area contributed by atoms with Gasteiger partial charge < -0.3 is 20.3 Å². The van der Waals surface area contributed by atoms with Gasteiger partial charge in [-0.1, -0.05) is 6.07 Å². The normalized spacial score (nSPS) is 17.5. The first-order valence-corrected chi connectivity index (χ1v) is 12.6. The Balaban J connectivity index is 1.39. The van der Waals surface area contributed by atoms with Crippen molar-refractivity contribution in [1.82, 2.24) is 20.3 Å². The minimum absolute atomic E-state index is 0.0194. The number of nitriles is 1. The number of pyridine rings is 1. The highest BCUT2D eigenvalue weighted by Gasteiger charge is 2.40. The molecule has 2 bridgehead atoms. The van der Waals surface area contributed by atoms with Gasteiger partial charge in [0.2, 0.25) is 0 Å². The van der Waals surface area contributed by atoms with E-state index in [2.05, 4.69) is 31.7 Å². The predicted molar refractivity (Wildman–Crippen MR) is 144 cm³/mol. The number of rotatable bonds is 6. The number of hydrogen-bond donors (Lipinski definition) is 2. The van der Waals surface area contributed by atoms with Crippen LogP contribution in [-0.2, 0) is 0 Å². The van der Waals surface area contributed by atoms with Crippen molar-refractivity contribution in [3.05, 3.63) is 83.9 Å². The summed E-state index contributed by atoms with van der Waals surface area (Å²) in [6.45, 7) is 1.26. The summed E-state index contributed by atoms with van der Waals surface area (Å²) < 4.78 is 36.2. The topological polar surface area (TPSA) is 116 Å². The third-order valence-electron chi connectivity index (χ3n) is 7.25. The zero-order valence-electron chi connectivity index (χ0n) is 21.4. The van der Waals surface area contributed by atoms with Gasteiger partial charge in [0.05, 0.1) is 29.6 Å². The van der Waals surface area contributed by atoms with E-state index < -0.39 is 17.5 Å². The molecular weight excluding hydrogens is 516 g/mol. The maximum absolute atomic E-state index is 16.4. The second kappa shape index (κ2) is 10.3. The Bertz CT molecular complexity index is 1670. The van der Waals surface area contributed by atoms with E-state index in [1.54, 1.807) is 18.2 Å². The van der Waals surface area contributed by atoms with Gasteiger partial charge in [0.1, 0.15) is 23.3 Å². The Hall–Kier alpha value is -4.95. The van der Waals surface area contributed by atoms with Gasteiger partial charge in [-0.05, 0) is 42.8 Å². The molecule has 2 atom stereocenters. The number of anilines is 2. The first-order valence-electron chi connectivity index (χ1n) is 12.6. The van der Waals surface area contributed by atoms with Crippen molar-refractivity contribution in [2.75, 3.05) is 30.4 Å². The lowest BCUT2D eigenvalue weighted by molar-refractivity contribution is 0.102. The molecule has 0 aliphatic carbocycles. The Morgan fingerprint density at radius 1 is 1.18 bits per heavy atom. The van der Waals surface area contributed by atoms with Gasteiger partial charge in [0.15, 0.2) is 11.6 Å². The van der Waals surface area contributed by atoms with Crippen LogP contribution in [0, 0.1) is 23.0 Å². The van der Waals surface area contributed by atoms with Crippen molar-refractivity contribution < 1.29 is 18.3 Å². The lowest BCUT2D eigenvalue weighted by Gasteiger charge is -2.32. The molecule has 2 aromatic carbocycles. The maximum Gasteiger partial charge on any atom is 0.274 e. The number of piperazine rings is 1. The number of nitrogens with one attached hydrogen (secondary N) is 2. The number of methoxy groups -OCH3 is 1.